The van der Waals surface area contributed by atoms with Gasteiger partial charge in [0, 0.05) is 17.8 Å². The Morgan fingerprint density at radius 3 is 3.12 bits per heavy atom. The molecule has 3 rings (SSSR count). The number of nitrogens with zero attached hydrogens (tertiary/aromatic N) is 3. The maximum absolute atomic E-state index is 5.35. The molecule has 0 spiro atoms. The first-order valence-electron chi connectivity index (χ1n) is 4.76. The molecule has 0 unspecified atom stereocenters. The summed E-state index contributed by atoms with van der Waals surface area (Å²) < 4.78 is 0. The number of rotatable bonds is 3. The lowest BCUT2D eigenvalue weighted by Crippen LogP contribution is -2.10. The summed E-state index contributed by atoms with van der Waals surface area (Å²) in [4.78, 5) is 16.7. The summed E-state index contributed by atoms with van der Waals surface area (Å²) >= 11 is 3.00. The van der Waals surface area contributed by atoms with E-state index in [1.54, 1.807) is 23.7 Å². The topological polar surface area (TPSA) is 92.5 Å². The lowest BCUT2D eigenvalue weighted by atomic mass is 10.4. The normalized spacial score (nSPS) is 10.9. The van der Waals surface area contributed by atoms with Crippen molar-refractivity contribution in [3.05, 3.63) is 23.8 Å². The molecule has 0 fully saturated rings. The number of nitrogens with two attached hydrogens (primary N) is 1. The number of nitrogen functional groups attached to an aromatic ring is 1. The number of aromatic nitrogens is 4. The molecule has 0 saturated heterocycles. The third-order valence-corrected chi connectivity index (χ3v) is 3.81. The van der Waals surface area contributed by atoms with Crippen molar-refractivity contribution in [3.63, 3.8) is 0 Å². The van der Waals surface area contributed by atoms with Crippen LogP contribution < -0.4 is 11.3 Å². The second-order valence-corrected chi connectivity index (χ2v) is 5.00. The van der Waals surface area contributed by atoms with E-state index >= 15 is 0 Å². The lowest BCUT2D eigenvalue weighted by molar-refractivity contribution is 1.03. The van der Waals surface area contributed by atoms with Crippen LogP contribution in [0.1, 0.15) is 0 Å². The second-order valence-electron chi connectivity index (χ2n) is 3.13. The van der Waals surface area contributed by atoms with Gasteiger partial charge in [0.2, 0.25) is 5.95 Å². The minimum Gasteiger partial charge on any atom is -0.339 e. The SMILES string of the molecule is NNc1nc(Sc2ncc[nH]2)c2ccsc2n1. The summed E-state index contributed by atoms with van der Waals surface area (Å²) in [5.74, 6) is 5.76. The van der Waals surface area contributed by atoms with Gasteiger partial charge in [0.05, 0.1) is 0 Å². The lowest BCUT2D eigenvalue weighted by Gasteiger charge is -2.03. The first-order valence-corrected chi connectivity index (χ1v) is 6.45. The number of H-pyrrole nitrogens is 1. The molecule has 0 aromatic carbocycles. The van der Waals surface area contributed by atoms with E-state index in [4.69, 9.17) is 5.84 Å². The molecule has 0 aliphatic heterocycles. The fourth-order valence-corrected chi connectivity index (χ4v) is 3.03. The van der Waals surface area contributed by atoms with Gasteiger partial charge in [0.25, 0.3) is 0 Å². The minimum atomic E-state index is 0.411. The van der Waals surface area contributed by atoms with Crippen LogP contribution in [-0.2, 0) is 0 Å². The fourth-order valence-electron chi connectivity index (χ4n) is 1.37. The van der Waals surface area contributed by atoms with E-state index in [9.17, 15) is 0 Å². The van der Waals surface area contributed by atoms with Crippen molar-refractivity contribution in [2.24, 2.45) is 5.84 Å². The molecule has 0 saturated carbocycles. The zero-order chi connectivity index (χ0) is 11.7. The number of nitrogens with one attached hydrogen (secondary N) is 2. The second kappa shape index (κ2) is 4.32. The van der Waals surface area contributed by atoms with Crippen molar-refractivity contribution in [2.45, 2.75) is 10.2 Å². The highest BCUT2D eigenvalue weighted by Gasteiger charge is 2.10. The van der Waals surface area contributed by atoms with E-state index in [0.717, 1.165) is 20.4 Å². The molecule has 0 bridgehead atoms. The largest absolute Gasteiger partial charge is 0.339 e. The molecule has 17 heavy (non-hydrogen) atoms. The van der Waals surface area contributed by atoms with E-state index in [0.29, 0.717) is 5.95 Å². The number of aromatic amines is 1. The Balaban J connectivity index is 2.10. The highest BCUT2D eigenvalue weighted by atomic mass is 32.2. The summed E-state index contributed by atoms with van der Waals surface area (Å²) in [5, 5.41) is 4.61. The summed E-state index contributed by atoms with van der Waals surface area (Å²) in [6.07, 6.45) is 3.48. The van der Waals surface area contributed by atoms with Crippen LogP contribution in [0.15, 0.2) is 34.0 Å². The van der Waals surface area contributed by atoms with Crippen LogP contribution in [0.4, 0.5) is 5.95 Å². The van der Waals surface area contributed by atoms with Crippen LogP contribution in [0.3, 0.4) is 0 Å². The maximum atomic E-state index is 5.35. The average molecular weight is 264 g/mol. The monoisotopic (exact) mass is 264 g/mol. The van der Waals surface area contributed by atoms with Gasteiger partial charge in [-0.25, -0.2) is 20.8 Å². The van der Waals surface area contributed by atoms with Crippen molar-refractivity contribution < 1.29 is 0 Å². The van der Waals surface area contributed by atoms with E-state index < -0.39 is 0 Å². The van der Waals surface area contributed by atoms with Gasteiger partial charge < -0.3 is 4.98 Å². The molecule has 3 aromatic rings. The zero-order valence-electron chi connectivity index (χ0n) is 8.54. The maximum Gasteiger partial charge on any atom is 0.239 e. The smallest absolute Gasteiger partial charge is 0.239 e. The molecule has 3 heterocycles. The van der Waals surface area contributed by atoms with Crippen LogP contribution in [0.5, 0.6) is 0 Å². The van der Waals surface area contributed by atoms with Gasteiger partial charge in [-0.2, -0.15) is 0 Å². The fraction of sp³-hybridized carbons (Fsp3) is 0. The molecule has 0 aliphatic carbocycles. The number of hydrogen-bond acceptors (Lipinski definition) is 7. The van der Waals surface area contributed by atoms with Crippen molar-refractivity contribution in [3.8, 4) is 0 Å². The number of anilines is 1. The van der Waals surface area contributed by atoms with Gasteiger partial charge in [0.15, 0.2) is 5.16 Å². The molecule has 0 radical (unpaired) electrons. The molecule has 0 aliphatic rings. The number of fused-ring (bicyclic) bond motifs is 1. The van der Waals surface area contributed by atoms with E-state index in [-0.39, 0.29) is 0 Å². The third kappa shape index (κ3) is 1.97. The summed E-state index contributed by atoms with van der Waals surface area (Å²) in [6, 6.07) is 1.99. The summed E-state index contributed by atoms with van der Waals surface area (Å²) in [5.41, 5.74) is 2.47. The first kappa shape index (κ1) is 10.5. The summed E-state index contributed by atoms with van der Waals surface area (Å²) in [6.45, 7) is 0. The Hall–Kier alpha value is -1.64. The number of hydrazine groups is 1. The van der Waals surface area contributed by atoms with Crippen molar-refractivity contribution in [2.75, 3.05) is 5.43 Å². The molecule has 3 aromatic heterocycles. The quantitative estimate of drug-likeness (QED) is 0.380. The average Bonchev–Trinajstić information content (AvgIpc) is 2.98. The number of imidazole rings is 1. The highest BCUT2D eigenvalue weighted by Crippen LogP contribution is 2.32. The minimum absolute atomic E-state index is 0.411. The molecule has 86 valence electrons. The van der Waals surface area contributed by atoms with Crippen LogP contribution >= 0.6 is 23.1 Å². The Bertz CT molecular complexity index is 632. The van der Waals surface area contributed by atoms with Gasteiger partial charge in [0.1, 0.15) is 9.86 Å². The standard InChI is InChI=1S/C9H8N6S2/c10-15-8-13-6-5(1-4-16-6)7(14-8)17-9-11-2-3-12-9/h1-4H,10H2,(H,11,12)(H,13,14,15). The summed E-state index contributed by atoms with van der Waals surface area (Å²) in [7, 11) is 0. The van der Waals surface area contributed by atoms with Crippen LogP contribution in [-0.4, -0.2) is 19.9 Å². The Kier molecular flexibility index (Phi) is 2.67. The van der Waals surface area contributed by atoms with Crippen LogP contribution in [0.25, 0.3) is 10.2 Å². The number of thiophene rings is 1. The zero-order valence-corrected chi connectivity index (χ0v) is 10.2. The predicted octanol–water partition coefficient (Wildman–Crippen LogP) is 1.85. The van der Waals surface area contributed by atoms with Crippen molar-refractivity contribution >= 4 is 39.3 Å². The van der Waals surface area contributed by atoms with Crippen LogP contribution in [0, 0.1) is 0 Å². The predicted molar refractivity (Wildman–Crippen MR) is 67.9 cm³/mol. The van der Waals surface area contributed by atoms with Gasteiger partial charge in [-0.3, -0.25) is 5.43 Å². The van der Waals surface area contributed by atoms with Gasteiger partial charge in [-0.15, -0.1) is 11.3 Å². The van der Waals surface area contributed by atoms with Gasteiger partial charge >= 0.3 is 0 Å². The van der Waals surface area contributed by atoms with E-state index in [2.05, 4.69) is 25.4 Å². The molecular formula is C9H8N6S2. The molecular weight excluding hydrogens is 256 g/mol. The van der Waals surface area contributed by atoms with Gasteiger partial charge in [-0.1, -0.05) is 0 Å². The van der Waals surface area contributed by atoms with Crippen LogP contribution in [0.2, 0.25) is 0 Å². The molecule has 6 nitrogen and oxygen atoms in total. The molecule has 0 amide bonds. The Labute approximate surface area is 105 Å². The van der Waals surface area contributed by atoms with Crippen molar-refractivity contribution in [1.82, 2.24) is 19.9 Å². The Morgan fingerprint density at radius 1 is 1.41 bits per heavy atom. The molecule has 0 atom stereocenters. The number of hydrogen-bond donors (Lipinski definition) is 3. The van der Waals surface area contributed by atoms with E-state index in [1.807, 2.05) is 11.4 Å². The van der Waals surface area contributed by atoms with Gasteiger partial charge in [-0.05, 0) is 23.2 Å². The molecule has 4 N–H and O–H groups in total. The third-order valence-electron chi connectivity index (χ3n) is 2.09. The highest BCUT2D eigenvalue weighted by molar-refractivity contribution is 7.99. The first-order chi connectivity index (χ1) is 8.36. The Morgan fingerprint density at radius 2 is 2.35 bits per heavy atom. The molecule has 8 heteroatoms. The van der Waals surface area contributed by atoms with Crippen molar-refractivity contribution in [1.29, 1.82) is 0 Å². The van der Waals surface area contributed by atoms with E-state index in [1.165, 1.54) is 11.8 Å².